The lowest BCUT2D eigenvalue weighted by atomic mass is 10.1. The van der Waals surface area contributed by atoms with Crippen molar-refractivity contribution < 1.29 is 14.6 Å². The molecule has 2 N–H and O–H groups in total. The van der Waals surface area contributed by atoms with Crippen LogP contribution in [0.3, 0.4) is 0 Å². The van der Waals surface area contributed by atoms with Crippen molar-refractivity contribution in [3.8, 4) is 11.8 Å². The van der Waals surface area contributed by atoms with Gasteiger partial charge in [0.15, 0.2) is 0 Å². The Bertz CT molecular complexity index is 479. The summed E-state index contributed by atoms with van der Waals surface area (Å²) in [6.07, 6.45) is 3.26. The fraction of sp³-hybridized carbons (Fsp3) is 0.529. The summed E-state index contributed by atoms with van der Waals surface area (Å²) in [6, 6.07) is 4.98. The summed E-state index contributed by atoms with van der Waals surface area (Å²) in [5.74, 6) is 5.18. The number of hydrogen-bond donors (Lipinski definition) is 2. The Balaban J connectivity index is 2.55. The van der Waals surface area contributed by atoms with Crippen LogP contribution in [0.25, 0.3) is 0 Å². The van der Waals surface area contributed by atoms with Crippen molar-refractivity contribution in [2.24, 2.45) is 0 Å². The van der Waals surface area contributed by atoms with E-state index in [0.717, 1.165) is 37.9 Å². The summed E-state index contributed by atoms with van der Waals surface area (Å²) in [7, 11) is 2.03. The average Bonchev–Trinajstić information content (AvgIpc) is 2.47. The number of aliphatic hydroxyl groups excluding tert-OH is 2. The third kappa shape index (κ3) is 7.24. The molecule has 0 aromatic heterocycles. The lowest BCUT2D eigenvalue weighted by Gasteiger charge is -2.16. The van der Waals surface area contributed by atoms with Crippen molar-refractivity contribution >= 4 is 0 Å². The zero-order valence-electron chi connectivity index (χ0n) is 12.6. The second-order valence-corrected chi connectivity index (χ2v) is 5.11. The quantitative estimate of drug-likeness (QED) is 0.570. The van der Waals surface area contributed by atoms with E-state index in [2.05, 4.69) is 16.7 Å². The van der Waals surface area contributed by atoms with Gasteiger partial charge in [-0.2, -0.15) is 0 Å². The minimum Gasteiger partial charge on any atom is -0.396 e. The number of hydrogen-bond acceptors (Lipinski definition) is 3. The molecule has 0 fully saturated rings. The summed E-state index contributed by atoms with van der Waals surface area (Å²) in [5, 5.41) is 17.4. The third-order valence-corrected chi connectivity index (χ3v) is 3.14. The molecule has 0 saturated carbocycles. The molecule has 0 saturated heterocycles. The van der Waals surface area contributed by atoms with Gasteiger partial charge in [-0.1, -0.05) is 17.9 Å². The molecule has 116 valence electrons. The molecule has 1 aromatic carbocycles. The van der Waals surface area contributed by atoms with Crippen molar-refractivity contribution in [2.75, 3.05) is 26.8 Å². The minimum absolute atomic E-state index is 0.00904. The van der Waals surface area contributed by atoms with Crippen LogP contribution in [0, 0.1) is 17.7 Å². The molecule has 0 spiro atoms. The van der Waals surface area contributed by atoms with Crippen LogP contribution in [-0.4, -0.2) is 41.9 Å². The molecule has 3 nitrogen and oxygen atoms in total. The number of rotatable bonds is 8. The van der Waals surface area contributed by atoms with E-state index in [4.69, 9.17) is 10.2 Å². The summed E-state index contributed by atoms with van der Waals surface area (Å²) in [5.41, 5.74) is 1.41. The summed E-state index contributed by atoms with van der Waals surface area (Å²) in [6.45, 7) is 1.93. The Morgan fingerprint density at radius 2 is 1.95 bits per heavy atom. The van der Waals surface area contributed by atoms with Gasteiger partial charge < -0.3 is 15.1 Å². The topological polar surface area (TPSA) is 43.7 Å². The largest absolute Gasteiger partial charge is 0.396 e. The van der Waals surface area contributed by atoms with E-state index in [1.54, 1.807) is 12.1 Å². The van der Waals surface area contributed by atoms with Crippen molar-refractivity contribution in [3.05, 3.63) is 35.1 Å². The molecule has 0 amide bonds. The summed E-state index contributed by atoms with van der Waals surface area (Å²) < 4.78 is 13.6. The van der Waals surface area contributed by atoms with E-state index >= 15 is 0 Å². The Morgan fingerprint density at radius 3 is 2.67 bits per heavy atom. The lowest BCUT2D eigenvalue weighted by Crippen LogP contribution is -2.19. The second kappa shape index (κ2) is 10.3. The molecule has 21 heavy (non-hydrogen) atoms. The molecule has 0 unspecified atom stereocenters. The second-order valence-electron chi connectivity index (χ2n) is 5.11. The molecule has 0 aliphatic heterocycles. The van der Waals surface area contributed by atoms with Gasteiger partial charge in [0.2, 0.25) is 0 Å². The van der Waals surface area contributed by atoms with Gasteiger partial charge in [0.05, 0.1) is 12.2 Å². The highest BCUT2D eigenvalue weighted by molar-refractivity contribution is 5.38. The summed E-state index contributed by atoms with van der Waals surface area (Å²) in [4.78, 5) is 2.18. The van der Waals surface area contributed by atoms with E-state index in [9.17, 15) is 4.39 Å². The zero-order valence-corrected chi connectivity index (χ0v) is 12.6. The first-order chi connectivity index (χ1) is 10.2. The first-order valence-corrected chi connectivity index (χ1v) is 7.35. The van der Waals surface area contributed by atoms with E-state index in [0.29, 0.717) is 12.0 Å². The third-order valence-electron chi connectivity index (χ3n) is 3.14. The molecule has 1 rings (SSSR count). The van der Waals surface area contributed by atoms with Gasteiger partial charge in [0, 0.05) is 19.6 Å². The predicted octanol–water partition coefficient (Wildman–Crippen LogP) is 2.15. The Labute approximate surface area is 126 Å². The van der Waals surface area contributed by atoms with Gasteiger partial charge >= 0.3 is 0 Å². The summed E-state index contributed by atoms with van der Waals surface area (Å²) >= 11 is 0. The Kier molecular flexibility index (Phi) is 8.68. The van der Waals surface area contributed by atoms with Crippen molar-refractivity contribution in [2.45, 2.75) is 32.2 Å². The molecule has 0 radical (unpaired) electrons. The van der Waals surface area contributed by atoms with Crippen LogP contribution in [0.5, 0.6) is 0 Å². The first kappa shape index (κ1) is 17.6. The molecule has 0 aliphatic rings. The number of unbranched alkanes of at least 4 members (excludes halogenated alkanes) is 2. The average molecular weight is 293 g/mol. The smallest absolute Gasteiger partial charge is 0.138 e. The minimum atomic E-state index is -0.324. The van der Waals surface area contributed by atoms with Crippen LogP contribution in [0.4, 0.5) is 4.39 Å². The fourth-order valence-corrected chi connectivity index (χ4v) is 2.04. The lowest BCUT2D eigenvalue weighted by molar-refractivity contribution is 0.271. The van der Waals surface area contributed by atoms with Gasteiger partial charge in [-0.3, -0.25) is 0 Å². The Hall–Kier alpha value is -1.41. The van der Waals surface area contributed by atoms with Crippen molar-refractivity contribution in [1.29, 1.82) is 0 Å². The monoisotopic (exact) mass is 293 g/mol. The van der Waals surface area contributed by atoms with Gasteiger partial charge in [-0.15, -0.1) is 0 Å². The maximum absolute atomic E-state index is 13.6. The van der Waals surface area contributed by atoms with Crippen LogP contribution in [0.15, 0.2) is 18.2 Å². The number of aliphatic hydroxyl groups is 2. The van der Waals surface area contributed by atoms with Crippen molar-refractivity contribution in [3.63, 3.8) is 0 Å². The highest BCUT2D eigenvalue weighted by Crippen LogP contribution is 2.12. The maximum Gasteiger partial charge on any atom is 0.138 e. The van der Waals surface area contributed by atoms with Crippen LogP contribution < -0.4 is 0 Å². The number of nitrogens with zero attached hydrogens (tertiary/aromatic N) is 1. The number of benzene rings is 1. The van der Waals surface area contributed by atoms with Gasteiger partial charge in [-0.25, -0.2) is 4.39 Å². The molecule has 1 aromatic rings. The molecular weight excluding hydrogens is 269 g/mol. The van der Waals surface area contributed by atoms with Crippen LogP contribution in [0.2, 0.25) is 0 Å². The molecule has 0 bridgehead atoms. The highest BCUT2D eigenvalue weighted by atomic mass is 19.1. The van der Waals surface area contributed by atoms with Crippen LogP contribution in [-0.2, 0) is 6.54 Å². The van der Waals surface area contributed by atoms with Gasteiger partial charge in [0.1, 0.15) is 5.82 Å². The van der Waals surface area contributed by atoms with Crippen LogP contribution >= 0.6 is 0 Å². The molecule has 0 heterocycles. The first-order valence-electron chi connectivity index (χ1n) is 7.35. The van der Waals surface area contributed by atoms with Crippen LogP contribution in [0.1, 0.15) is 36.8 Å². The van der Waals surface area contributed by atoms with Gasteiger partial charge in [0.25, 0.3) is 0 Å². The fourth-order valence-electron chi connectivity index (χ4n) is 2.04. The zero-order chi connectivity index (χ0) is 15.5. The normalized spacial score (nSPS) is 10.5. The van der Waals surface area contributed by atoms with E-state index in [1.165, 1.54) is 6.07 Å². The maximum atomic E-state index is 13.6. The van der Waals surface area contributed by atoms with E-state index in [1.807, 2.05) is 7.05 Å². The molecule has 0 atom stereocenters. The standard InChI is InChI=1S/C17H24FNO2/c1-19(10-4-2-5-11-20)14-15-8-9-17(18)16(13-15)7-3-6-12-21/h8-9,13,20-21H,2,4-6,10-12,14H2,1H3. The predicted molar refractivity (Wildman–Crippen MR) is 82.3 cm³/mol. The van der Waals surface area contributed by atoms with E-state index in [-0.39, 0.29) is 19.0 Å². The van der Waals surface area contributed by atoms with Gasteiger partial charge in [-0.05, 0) is 50.6 Å². The number of halogens is 1. The van der Waals surface area contributed by atoms with Crippen molar-refractivity contribution in [1.82, 2.24) is 4.90 Å². The Morgan fingerprint density at radius 1 is 1.14 bits per heavy atom. The highest BCUT2D eigenvalue weighted by Gasteiger charge is 2.04. The van der Waals surface area contributed by atoms with E-state index < -0.39 is 0 Å². The molecular formula is C17H24FNO2. The molecule has 0 aliphatic carbocycles. The molecule has 4 heteroatoms. The SMILES string of the molecule is CN(CCCCCO)Cc1ccc(F)c(C#CCCO)c1.